The van der Waals surface area contributed by atoms with Crippen molar-refractivity contribution in [3.05, 3.63) is 0 Å². The third-order valence-electron chi connectivity index (χ3n) is 7.40. The highest BCUT2D eigenvalue weighted by molar-refractivity contribution is 4.90. The zero-order chi connectivity index (χ0) is 18.0. The lowest BCUT2D eigenvalue weighted by molar-refractivity contribution is -0.0855. The van der Waals surface area contributed by atoms with Gasteiger partial charge in [-0.05, 0) is 69.6 Å². The van der Waals surface area contributed by atoms with Crippen molar-refractivity contribution >= 4 is 0 Å². The van der Waals surface area contributed by atoms with E-state index in [0.717, 1.165) is 24.4 Å². The van der Waals surface area contributed by atoms with Gasteiger partial charge in [-0.2, -0.15) is 0 Å². The summed E-state index contributed by atoms with van der Waals surface area (Å²) in [7, 11) is 0. The molecule has 148 valence electrons. The Morgan fingerprint density at radius 1 is 0.720 bits per heavy atom. The summed E-state index contributed by atoms with van der Waals surface area (Å²) in [6.45, 7) is 7.74. The molecule has 1 heteroatoms. The molecule has 1 nitrogen and oxygen atoms in total. The standard InChI is InChI=1S/C24H46O/c1-4-7-9-10-18-24(25-6-3)19-16-23(17-20-24)22-14-12-21(13-15-22)11-8-5-2/h21-23H,4-20H2,1-3H3. The Morgan fingerprint density at radius 2 is 1.36 bits per heavy atom. The van der Waals surface area contributed by atoms with E-state index >= 15 is 0 Å². The second-order valence-corrected chi connectivity index (χ2v) is 9.19. The lowest BCUT2D eigenvalue weighted by Gasteiger charge is -2.44. The van der Waals surface area contributed by atoms with Gasteiger partial charge in [0.25, 0.3) is 0 Å². The SMILES string of the molecule is CCCCCCC1(OCC)CCC(C2CCC(CCCC)CC2)CC1. The van der Waals surface area contributed by atoms with Gasteiger partial charge >= 0.3 is 0 Å². The smallest absolute Gasteiger partial charge is 0.0682 e. The molecule has 2 fully saturated rings. The highest BCUT2D eigenvalue weighted by Gasteiger charge is 2.38. The molecule has 25 heavy (non-hydrogen) atoms. The molecule has 2 aliphatic rings. The molecule has 0 spiro atoms. The molecule has 0 aromatic carbocycles. The number of rotatable bonds is 11. The minimum absolute atomic E-state index is 0.247. The zero-order valence-electron chi connectivity index (χ0n) is 17.7. The lowest BCUT2D eigenvalue weighted by atomic mass is 9.67. The molecule has 0 unspecified atom stereocenters. The van der Waals surface area contributed by atoms with E-state index in [4.69, 9.17) is 4.74 Å². The van der Waals surface area contributed by atoms with Gasteiger partial charge in [-0.25, -0.2) is 0 Å². The molecule has 0 atom stereocenters. The molecule has 0 saturated heterocycles. The molecular formula is C24H46O. The molecule has 0 radical (unpaired) electrons. The average Bonchev–Trinajstić information content (AvgIpc) is 2.65. The van der Waals surface area contributed by atoms with Crippen LogP contribution < -0.4 is 0 Å². The minimum Gasteiger partial charge on any atom is -0.375 e. The fourth-order valence-corrected chi connectivity index (χ4v) is 5.73. The van der Waals surface area contributed by atoms with Gasteiger partial charge in [-0.1, -0.05) is 71.6 Å². The monoisotopic (exact) mass is 350 g/mol. The van der Waals surface area contributed by atoms with E-state index in [2.05, 4.69) is 20.8 Å². The fraction of sp³-hybridized carbons (Fsp3) is 1.00. The third kappa shape index (κ3) is 6.89. The molecule has 0 heterocycles. The van der Waals surface area contributed by atoms with Crippen molar-refractivity contribution in [2.24, 2.45) is 17.8 Å². The number of unbranched alkanes of at least 4 members (excludes halogenated alkanes) is 4. The van der Waals surface area contributed by atoms with Crippen LogP contribution in [0.4, 0.5) is 0 Å². The highest BCUT2D eigenvalue weighted by Crippen LogP contribution is 2.45. The molecule has 0 aliphatic heterocycles. The topological polar surface area (TPSA) is 9.23 Å². The summed E-state index contributed by atoms with van der Waals surface area (Å²) in [6.07, 6.45) is 22.8. The summed E-state index contributed by atoms with van der Waals surface area (Å²) in [5, 5.41) is 0. The molecule has 2 saturated carbocycles. The molecule has 0 N–H and O–H groups in total. The van der Waals surface area contributed by atoms with E-state index < -0.39 is 0 Å². The van der Waals surface area contributed by atoms with Crippen molar-refractivity contribution in [3.8, 4) is 0 Å². The molecule has 0 amide bonds. The van der Waals surface area contributed by atoms with Gasteiger partial charge in [-0.3, -0.25) is 0 Å². The molecular weight excluding hydrogens is 304 g/mol. The Bertz CT molecular complexity index is 321. The first-order valence-corrected chi connectivity index (χ1v) is 11.9. The van der Waals surface area contributed by atoms with Crippen LogP contribution in [0.15, 0.2) is 0 Å². The van der Waals surface area contributed by atoms with Crippen molar-refractivity contribution in [1.29, 1.82) is 0 Å². The van der Waals surface area contributed by atoms with Gasteiger partial charge in [0.15, 0.2) is 0 Å². The average molecular weight is 351 g/mol. The summed E-state index contributed by atoms with van der Waals surface area (Å²) in [5.41, 5.74) is 0.247. The Kier molecular flexibility index (Phi) is 9.89. The van der Waals surface area contributed by atoms with Crippen LogP contribution in [-0.2, 0) is 4.74 Å². The Hall–Kier alpha value is -0.0400. The van der Waals surface area contributed by atoms with Crippen LogP contribution in [0.5, 0.6) is 0 Å². The summed E-state index contributed by atoms with van der Waals surface area (Å²) < 4.78 is 6.35. The van der Waals surface area contributed by atoms with Gasteiger partial charge < -0.3 is 4.74 Å². The van der Waals surface area contributed by atoms with Crippen LogP contribution in [0.3, 0.4) is 0 Å². The third-order valence-corrected chi connectivity index (χ3v) is 7.40. The quantitative estimate of drug-likeness (QED) is 0.344. The van der Waals surface area contributed by atoms with Crippen LogP contribution >= 0.6 is 0 Å². The summed E-state index contributed by atoms with van der Waals surface area (Å²) >= 11 is 0. The molecule has 0 bridgehead atoms. The Morgan fingerprint density at radius 3 is 1.96 bits per heavy atom. The fourth-order valence-electron chi connectivity index (χ4n) is 5.73. The number of hydrogen-bond donors (Lipinski definition) is 0. The van der Waals surface area contributed by atoms with Crippen molar-refractivity contribution < 1.29 is 4.74 Å². The summed E-state index contributed by atoms with van der Waals surface area (Å²) in [4.78, 5) is 0. The second kappa shape index (κ2) is 11.6. The van der Waals surface area contributed by atoms with Crippen LogP contribution in [0.25, 0.3) is 0 Å². The van der Waals surface area contributed by atoms with E-state index in [1.165, 1.54) is 103 Å². The van der Waals surface area contributed by atoms with Gasteiger partial charge in [-0.15, -0.1) is 0 Å². The Balaban J connectivity index is 1.73. The normalized spacial score (nSPS) is 33.5. The number of hydrogen-bond acceptors (Lipinski definition) is 1. The maximum absolute atomic E-state index is 6.35. The van der Waals surface area contributed by atoms with Crippen LogP contribution in [0.1, 0.15) is 124 Å². The van der Waals surface area contributed by atoms with Crippen molar-refractivity contribution in [3.63, 3.8) is 0 Å². The maximum Gasteiger partial charge on any atom is 0.0682 e. The first-order chi connectivity index (χ1) is 12.2. The number of ether oxygens (including phenoxy) is 1. The Labute approximate surface area is 158 Å². The van der Waals surface area contributed by atoms with E-state index in [0.29, 0.717) is 0 Å². The van der Waals surface area contributed by atoms with Gasteiger partial charge in [0.05, 0.1) is 5.60 Å². The zero-order valence-corrected chi connectivity index (χ0v) is 17.7. The summed E-state index contributed by atoms with van der Waals surface area (Å²) in [6, 6.07) is 0. The predicted octanol–water partition coefficient (Wildman–Crippen LogP) is 7.92. The maximum atomic E-state index is 6.35. The van der Waals surface area contributed by atoms with Gasteiger partial charge in [0, 0.05) is 6.61 Å². The first-order valence-electron chi connectivity index (χ1n) is 11.9. The molecule has 0 aromatic heterocycles. The summed E-state index contributed by atoms with van der Waals surface area (Å²) in [5.74, 6) is 3.11. The highest BCUT2D eigenvalue weighted by atomic mass is 16.5. The van der Waals surface area contributed by atoms with Gasteiger partial charge in [0.1, 0.15) is 0 Å². The largest absolute Gasteiger partial charge is 0.375 e. The van der Waals surface area contributed by atoms with Crippen LogP contribution in [0, 0.1) is 17.8 Å². The van der Waals surface area contributed by atoms with E-state index in [-0.39, 0.29) is 5.60 Å². The van der Waals surface area contributed by atoms with Crippen molar-refractivity contribution in [2.45, 2.75) is 129 Å². The van der Waals surface area contributed by atoms with Gasteiger partial charge in [0.2, 0.25) is 0 Å². The van der Waals surface area contributed by atoms with E-state index in [1.807, 2.05) is 0 Å². The van der Waals surface area contributed by atoms with E-state index in [1.54, 1.807) is 0 Å². The second-order valence-electron chi connectivity index (χ2n) is 9.19. The van der Waals surface area contributed by atoms with Crippen molar-refractivity contribution in [2.75, 3.05) is 6.61 Å². The molecule has 2 aliphatic carbocycles. The minimum atomic E-state index is 0.247. The molecule has 2 rings (SSSR count). The van der Waals surface area contributed by atoms with E-state index in [9.17, 15) is 0 Å². The van der Waals surface area contributed by atoms with Crippen LogP contribution in [0.2, 0.25) is 0 Å². The first kappa shape index (κ1) is 21.3. The van der Waals surface area contributed by atoms with Crippen molar-refractivity contribution in [1.82, 2.24) is 0 Å². The molecule has 0 aromatic rings. The van der Waals surface area contributed by atoms with Crippen LogP contribution in [-0.4, -0.2) is 12.2 Å². The predicted molar refractivity (Wildman–Crippen MR) is 110 cm³/mol. The lowest BCUT2D eigenvalue weighted by Crippen LogP contribution is -2.39.